The van der Waals surface area contributed by atoms with Gasteiger partial charge in [-0.05, 0) is 31.2 Å². The lowest BCUT2D eigenvalue weighted by molar-refractivity contribution is -0.123. The van der Waals surface area contributed by atoms with Gasteiger partial charge in [0.1, 0.15) is 17.6 Å². The summed E-state index contributed by atoms with van der Waals surface area (Å²) < 4.78 is 10.4. The highest BCUT2D eigenvalue weighted by molar-refractivity contribution is 6.31. The Labute approximate surface area is 127 Å². The third-order valence-electron chi connectivity index (χ3n) is 2.94. The van der Waals surface area contributed by atoms with Crippen LogP contribution in [0.15, 0.2) is 41.0 Å². The molecule has 5 nitrogen and oxygen atoms in total. The number of ether oxygens (including phenoxy) is 1. The molecule has 6 heteroatoms. The van der Waals surface area contributed by atoms with Crippen molar-refractivity contribution in [2.75, 3.05) is 13.2 Å². The third kappa shape index (κ3) is 4.24. The summed E-state index contributed by atoms with van der Waals surface area (Å²) in [5.74, 6) is 0.631. The van der Waals surface area contributed by atoms with Crippen LogP contribution < -0.4 is 10.1 Å². The first-order valence-corrected chi connectivity index (χ1v) is 6.82. The van der Waals surface area contributed by atoms with Gasteiger partial charge in [0.25, 0.3) is 5.91 Å². The summed E-state index contributed by atoms with van der Waals surface area (Å²) in [5, 5.41) is 12.9. The number of rotatable bonds is 6. The molecule has 1 atom stereocenters. The van der Waals surface area contributed by atoms with Crippen LogP contribution in [0.3, 0.4) is 0 Å². The number of nitrogens with one attached hydrogen (secondary N) is 1. The summed E-state index contributed by atoms with van der Waals surface area (Å²) in [6.45, 7) is 1.73. The molecule has 1 aromatic carbocycles. The zero-order valence-electron chi connectivity index (χ0n) is 11.5. The molecule has 0 fully saturated rings. The van der Waals surface area contributed by atoms with Crippen molar-refractivity contribution in [2.24, 2.45) is 0 Å². The predicted molar refractivity (Wildman–Crippen MR) is 78.4 cm³/mol. The van der Waals surface area contributed by atoms with Gasteiger partial charge in [0.15, 0.2) is 6.61 Å². The van der Waals surface area contributed by atoms with E-state index in [9.17, 15) is 9.90 Å². The Kier molecular flexibility index (Phi) is 5.25. The number of amides is 1. The average Bonchev–Trinajstić information content (AvgIpc) is 3.00. The highest BCUT2D eigenvalue weighted by Crippen LogP contribution is 2.24. The van der Waals surface area contributed by atoms with E-state index in [1.807, 2.05) is 6.92 Å². The van der Waals surface area contributed by atoms with Gasteiger partial charge >= 0.3 is 0 Å². The highest BCUT2D eigenvalue weighted by atomic mass is 35.5. The Morgan fingerprint density at radius 1 is 1.43 bits per heavy atom. The summed E-state index contributed by atoms with van der Waals surface area (Å²) in [6.07, 6.45) is 0.586. The number of hydrogen-bond donors (Lipinski definition) is 2. The molecule has 1 amide bonds. The van der Waals surface area contributed by atoms with Gasteiger partial charge in [-0.2, -0.15) is 0 Å². The van der Waals surface area contributed by atoms with Crippen molar-refractivity contribution in [3.05, 3.63) is 52.9 Å². The summed E-state index contributed by atoms with van der Waals surface area (Å²) in [4.78, 5) is 11.7. The first-order valence-electron chi connectivity index (χ1n) is 6.44. The van der Waals surface area contributed by atoms with Crippen LogP contribution in [-0.2, 0) is 4.79 Å². The number of carbonyl (C=O) groups is 1. The molecule has 21 heavy (non-hydrogen) atoms. The van der Waals surface area contributed by atoms with E-state index in [4.69, 9.17) is 20.8 Å². The minimum absolute atomic E-state index is 0.0598. The Bertz CT molecular complexity index is 598. The first kappa shape index (κ1) is 15.4. The van der Waals surface area contributed by atoms with Crippen molar-refractivity contribution >= 4 is 17.5 Å². The van der Waals surface area contributed by atoms with E-state index in [0.29, 0.717) is 16.5 Å². The smallest absolute Gasteiger partial charge is 0.258 e. The van der Waals surface area contributed by atoms with E-state index in [2.05, 4.69) is 5.32 Å². The van der Waals surface area contributed by atoms with Crippen molar-refractivity contribution < 1.29 is 19.1 Å². The van der Waals surface area contributed by atoms with Gasteiger partial charge in [-0.25, -0.2) is 0 Å². The maximum Gasteiger partial charge on any atom is 0.258 e. The fourth-order valence-corrected chi connectivity index (χ4v) is 1.90. The van der Waals surface area contributed by atoms with Gasteiger partial charge in [0.05, 0.1) is 12.8 Å². The molecule has 0 spiro atoms. The SMILES string of the molecule is Cc1c(Cl)cccc1OCC(=O)NCC(O)c1ccco1. The molecule has 0 saturated carbocycles. The molecule has 0 aliphatic rings. The second kappa shape index (κ2) is 7.15. The number of benzene rings is 1. The summed E-state index contributed by atoms with van der Waals surface area (Å²) in [5.41, 5.74) is 0.780. The lowest BCUT2D eigenvalue weighted by atomic mass is 10.2. The monoisotopic (exact) mass is 309 g/mol. The van der Waals surface area contributed by atoms with Crippen LogP contribution in [0.2, 0.25) is 5.02 Å². The van der Waals surface area contributed by atoms with Gasteiger partial charge in [-0.3, -0.25) is 4.79 Å². The van der Waals surface area contributed by atoms with Gasteiger partial charge in [0.2, 0.25) is 0 Å². The van der Waals surface area contributed by atoms with E-state index in [1.165, 1.54) is 6.26 Å². The molecule has 2 N–H and O–H groups in total. The van der Waals surface area contributed by atoms with Crippen LogP contribution in [0.25, 0.3) is 0 Å². The minimum Gasteiger partial charge on any atom is -0.483 e. The second-order valence-electron chi connectivity index (χ2n) is 4.49. The molecule has 2 aromatic rings. The first-order chi connectivity index (χ1) is 10.1. The van der Waals surface area contributed by atoms with E-state index in [1.54, 1.807) is 30.3 Å². The van der Waals surface area contributed by atoms with Crippen LogP contribution in [0.1, 0.15) is 17.4 Å². The summed E-state index contributed by atoms with van der Waals surface area (Å²) in [7, 11) is 0. The Morgan fingerprint density at radius 3 is 2.95 bits per heavy atom. The summed E-state index contributed by atoms with van der Waals surface area (Å²) >= 11 is 5.96. The molecule has 1 unspecified atom stereocenters. The number of aliphatic hydroxyl groups is 1. The van der Waals surface area contributed by atoms with E-state index >= 15 is 0 Å². The quantitative estimate of drug-likeness (QED) is 0.860. The molecule has 2 rings (SSSR count). The standard InChI is InChI=1S/C15H16ClNO4/c1-10-11(16)4-2-5-13(10)21-9-15(19)17-8-12(18)14-6-3-7-20-14/h2-7,12,18H,8-9H2,1H3,(H,17,19). The lowest BCUT2D eigenvalue weighted by Crippen LogP contribution is -2.32. The Balaban J connectivity index is 1.79. The van der Waals surface area contributed by atoms with Crippen LogP contribution in [0, 0.1) is 6.92 Å². The van der Waals surface area contributed by atoms with Gasteiger partial charge in [-0.1, -0.05) is 17.7 Å². The maximum absolute atomic E-state index is 11.7. The average molecular weight is 310 g/mol. The lowest BCUT2D eigenvalue weighted by Gasteiger charge is -2.12. The van der Waals surface area contributed by atoms with Crippen LogP contribution in [-0.4, -0.2) is 24.2 Å². The van der Waals surface area contributed by atoms with Crippen molar-refractivity contribution in [3.63, 3.8) is 0 Å². The number of carbonyl (C=O) groups excluding carboxylic acids is 1. The molecule has 1 heterocycles. The van der Waals surface area contributed by atoms with E-state index in [0.717, 1.165) is 5.56 Å². The van der Waals surface area contributed by atoms with Crippen molar-refractivity contribution in [2.45, 2.75) is 13.0 Å². The normalized spacial score (nSPS) is 12.0. The molecule has 112 valence electrons. The van der Waals surface area contributed by atoms with Crippen LogP contribution in [0.5, 0.6) is 5.75 Å². The summed E-state index contributed by atoms with van der Waals surface area (Å²) in [6, 6.07) is 8.56. The van der Waals surface area contributed by atoms with Gasteiger partial charge < -0.3 is 19.6 Å². The number of hydrogen-bond acceptors (Lipinski definition) is 4. The molecule has 0 saturated heterocycles. The largest absolute Gasteiger partial charge is 0.483 e. The third-order valence-corrected chi connectivity index (χ3v) is 3.35. The van der Waals surface area contributed by atoms with Crippen molar-refractivity contribution in [3.8, 4) is 5.75 Å². The second-order valence-corrected chi connectivity index (χ2v) is 4.89. The molecule has 0 aliphatic carbocycles. The van der Waals surface area contributed by atoms with Crippen LogP contribution in [0.4, 0.5) is 0 Å². The maximum atomic E-state index is 11.7. The fraction of sp³-hybridized carbons (Fsp3) is 0.267. The molecule has 0 radical (unpaired) electrons. The molecular formula is C15H16ClNO4. The zero-order chi connectivity index (χ0) is 15.2. The molecule has 0 bridgehead atoms. The Morgan fingerprint density at radius 2 is 2.24 bits per heavy atom. The number of furan rings is 1. The van der Waals surface area contributed by atoms with E-state index < -0.39 is 6.10 Å². The van der Waals surface area contributed by atoms with Gasteiger partial charge in [-0.15, -0.1) is 0 Å². The molecular weight excluding hydrogens is 294 g/mol. The fourth-order valence-electron chi connectivity index (χ4n) is 1.73. The zero-order valence-corrected chi connectivity index (χ0v) is 12.3. The van der Waals surface area contributed by atoms with Crippen molar-refractivity contribution in [1.82, 2.24) is 5.32 Å². The molecule has 1 aromatic heterocycles. The van der Waals surface area contributed by atoms with Gasteiger partial charge in [0, 0.05) is 10.6 Å². The van der Waals surface area contributed by atoms with Crippen molar-refractivity contribution in [1.29, 1.82) is 0 Å². The topological polar surface area (TPSA) is 71.7 Å². The minimum atomic E-state index is -0.878. The predicted octanol–water partition coefficient (Wildman–Crippen LogP) is 2.47. The van der Waals surface area contributed by atoms with E-state index in [-0.39, 0.29) is 19.1 Å². The Hall–Kier alpha value is -1.98. The number of halogens is 1. The number of aliphatic hydroxyl groups excluding tert-OH is 1. The highest BCUT2D eigenvalue weighted by Gasteiger charge is 2.12. The molecule has 0 aliphatic heterocycles. The van der Waals surface area contributed by atoms with Crippen LogP contribution >= 0.6 is 11.6 Å².